The number of nitrogens with one attached hydrogen (secondary N) is 1. The van der Waals surface area contributed by atoms with Crippen molar-refractivity contribution in [3.05, 3.63) is 10.6 Å². The Bertz CT molecular complexity index is 342. The van der Waals surface area contributed by atoms with Crippen molar-refractivity contribution in [3.8, 4) is 0 Å². The molecule has 0 atom stereocenters. The fourth-order valence-corrected chi connectivity index (χ4v) is 3.12. The molecule has 0 fully saturated rings. The van der Waals surface area contributed by atoms with E-state index in [4.69, 9.17) is 4.98 Å². The maximum absolute atomic E-state index is 4.81. The van der Waals surface area contributed by atoms with Crippen LogP contribution in [-0.4, -0.2) is 25.6 Å². The van der Waals surface area contributed by atoms with Crippen molar-refractivity contribution in [2.45, 2.75) is 47.1 Å². The van der Waals surface area contributed by atoms with Crippen LogP contribution in [0.15, 0.2) is 0 Å². The van der Waals surface area contributed by atoms with Gasteiger partial charge in [0.1, 0.15) is 0 Å². The molecule has 3 nitrogen and oxygen atoms in total. The van der Waals surface area contributed by atoms with Gasteiger partial charge < -0.3 is 10.2 Å². The van der Waals surface area contributed by atoms with Gasteiger partial charge in [0.2, 0.25) is 0 Å². The Morgan fingerprint density at radius 1 is 1.33 bits per heavy atom. The van der Waals surface area contributed by atoms with Crippen LogP contribution in [0.1, 0.15) is 44.7 Å². The maximum Gasteiger partial charge on any atom is 0.185 e. The van der Waals surface area contributed by atoms with E-state index in [1.54, 1.807) is 0 Å². The van der Waals surface area contributed by atoms with Crippen LogP contribution < -0.4 is 10.2 Å². The first kappa shape index (κ1) is 15.4. The Morgan fingerprint density at radius 3 is 2.50 bits per heavy atom. The SMILES string of the molecule is CCCc1nc(N(C)CC(C)(C)C)sc1CNC. The molecule has 0 aliphatic rings. The number of rotatable bonds is 6. The molecule has 0 saturated carbocycles. The largest absolute Gasteiger partial charge is 0.351 e. The zero-order valence-electron chi connectivity index (χ0n) is 12.6. The lowest BCUT2D eigenvalue weighted by atomic mass is 9.96. The Labute approximate surface area is 116 Å². The first-order chi connectivity index (χ1) is 8.37. The molecule has 104 valence electrons. The number of nitrogens with zero attached hydrogens (tertiary/aromatic N) is 2. The predicted octanol–water partition coefficient (Wildman–Crippen LogP) is 3.30. The molecule has 0 bridgehead atoms. The molecule has 1 rings (SSSR count). The molecule has 4 heteroatoms. The van der Waals surface area contributed by atoms with Gasteiger partial charge in [-0.05, 0) is 18.9 Å². The molecular formula is C14H27N3S. The lowest BCUT2D eigenvalue weighted by molar-refractivity contribution is 0.418. The minimum atomic E-state index is 0.300. The summed E-state index contributed by atoms with van der Waals surface area (Å²) in [7, 11) is 4.14. The maximum atomic E-state index is 4.81. The van der Waals surface area contributed by atoms with Gasteiger partial charge in [0.25, 0.3) is 0 Å². The molecule has 0 aliphatic carbocycles. The Kier molecular flexibility index (Phi) is 5.60. The summed E-state index contributed by atoms with van der Waals surface area (Å²) in [5.74, 6) is 0. The number of aryl methyl sites for hydroxylation is 1. The van der Waals surface area contributed by atoms with Gasteiger partial charge in [-0.1, -0.05) is 34.1 Å². The van der Waals surface area contributed by atoms with E-state index in [2.05, 4.69) is 45.0 Å². The third-order valence-electron chi connectivity index (χ3n) is 2.63. The smallest absolute Gasteiger partial charge is 0.185 e. The van der Waals surface area contributed by atoms with Crippen LogP contribution in [0.5, 0.6) is 0 Å². The van der Waals surface area contributed by atoms with Gasteiger partial charge in [0.05, 0.1) is 5.69 Å². The summed E-state index contributed by atoms with van der Waals surface area (Å²) in [4.78, 5) is 8.47. The molecule has 1 N–H and O–H groups in total. The number of hydrogen-bond acceptors (Lipinski definition) is 4. The third kappa shape index (κ3) is 4.58. The Hall–Kier alpha value is -0.610. The van der Waals surface area contributed by atoms with Gasteiger partial charge in [-0.2, -0.15) is 0 Å². The average Bonchev–Trinajstić information content (AvgIpc) is 2.61. The van der Waals surface area contributed by atoms with Crippen LogP contribution in [0.25, 0.3) is 0 Å². The third-order valence-corrected chi connectivity index (χ3v) is 3.84. The first-order valence-electron chi connectivity index (χ1n) is 6.71. The number of anilines is 1. The minimum Gasteiger partial charge on any atom is -0.351 e. The van der Waals surface area contributed by atoms with E-state index >= 15 is 0 Å². The fraction of sp³-hybridized carbons (Fsp3) is 0.786. The monoisotopic (exact) mass is 269 g/mol. The lowest BCUT2D eigenvalue weighted by Crippen LogP contribution is -2.28. The zero-order chi connectivity index (χ0) is 13.8. The Balaban J connectivity index is 2.85. The van der Waals surface area contributed by atoms with E-state index in [1.165, 1.54) is 10.6 Å². The summed E-state index contributed by atoms with van der Waals surface area (Å²) in [5, 5.41) is 4.39. The summed E-state index contributed by atoms with van der Waals surface area (Å²) in [6, 6.07) is 0. The molecule has 18 heavy (non-hydrogen) atoms. The molecule has 0 saturated heterocycles. The van der Waals surface area contributed by atoms with Crippen molar-refractivity contribution >= 4 is 16.5 Å². The number of thiazole rings is 1. The van der Waals surface area contributed by atoms with Crippen molar-refractivity contribution < 1.29 is 0 Å². The van der Waals surface area contributed by atoms with Crippen LogP contribution in [0.4, 0.5) is 5.13 Å². The molecule has 1 aromatic rings. The second kappa shape index (κ2) is 6.53. The van der Waals surface area contributed by atoms with Gasteiger partial charge in [-0.3, -0.25) is 0 Å². The van der Waals surface area contributed by atoms with Crippen LogP contribution in [0, 0.1) is 5.41 Å². The number of hydrogen-bond donors (Lipinski definition) is 1. The first-order valence-corrected chi connectivity index (χ1v) is 7.53. The van der Waals surface area contributed by atoms with Crippen molar-refractivity contribution in [1.29, 1.82) is 0 Å². The lowest BCUT2D eigenvalue weighted by Gasteiger charge is -2.26. The topological polar surface area (TPSA) is 28.2 Å². The predicted molar refractivity (Wildman–Crippen MR) is 81.6 cm³/mol. The van der Waals surface area contributed by atoms with Gasteiger partial charge in [0, 0.05) is 25.0 Å². The molecule has 0 aliphatic heterocycles. The molecule has 0 amide bonds. The highest BCUT2D eigenvalue weighted by molar-refractivity contribution is 7.15. The van der Waals surface area contributed by atoms with E-state index in [-0.39, 0.29) is 0 Å². The van der Waals surface area contributed by atoms with Crippen LogP contribution >= 0.6 is 11.3 Å². The van der Waals surface area contributed by atoms with E-state index < -0.39 is 0 Å². The highest BCUT2D eigenvalue weighted by atomic mass is 32.1. The fourth-order valence-electron chi connectivity index (χ4n) is 2.04. The van der Waals surface area contributed by atoms with Crippen LogP contribution in [0.2, 0.25) is 0 Å². The van der Waals surface area contributed by atoms with Crippen molar-refractivity contribution in [1.82, 2.24) is 10.3 Å². The summed E-state index contributed by atoms with van der Waals surface area (Å²) in [6.07, 6.45) is 2.24. The number of aromatic nitrogens is 1. The van der Waals surface area contributed by atoms with Gasteiger partial charge in [0.15, 0.2) is 5.13 Å². The van der Waals surface area contributed by atoms with Gasteiger partial charge >= 0.3 is 0 Å². The van der Waals surface area contributed by atoms with E-state index in [0.717, 1.165) is 31.1 Å². The molecular weight excluding hydrogens is 242 g/mol. The van der Waals surface area contributed by atoms with Crippen LogP contribution in [0.3, 0.4) is 0 Å². The van der Waals surface area contributed by atoms with E-state index in [0.29, 0.717) is 5.41 Å². The standard InChI is InChI=1S/C14H27N3S/c1-7-8-11-12(9-15-5)18-13(16-11)17(6)10-14(2,3)4/h15H,7-10H2,1-6H3. The van der Waals surface area contributed by atoms with Crippen molar-refractivity contribution in [3.63, 3.8) is 0 Å². The van der Waals surface area contributed by atoms with E-state index in [1.807, 2.05) is 18.4 Å². The van der Waals surface area contributed by atoms with E-state index in [9.17, 15) is 0 Å². The molecule has 0 aromatic carbocycles. The highest BCUT2D eigenvalue weighted by Crippen LogP contribution is 2.28. The summed E-state index contributed by atoms with van der Waals surface area (Å²) < 4.78 is 0. The zero-order valence-corrected chi connectivity index (χ0v) is 13.4. The summed E-state index contributed by atoms with van der Waals surface area (Å²) in [5.41, 5.74) is 1.57. The molecule has 0 spiro atoms. The summed E-state index contributed by atoms with van der Waals surface area (Å²) in [6.45, 7) is 11.0. The molecule has 1 aromatic heterocycles. The summed E-state index contributed by atoms with van der Waals surface area (Å²) >= 11 is 1.83. The van der Waals surface area contributed by atoms with Gasteiger partial charge in [-0.25, -0.2) is 4.98 Å². The molecule has 1 heterocycles. The van der Waals surface area contributed by atoms with Crippen LogP contribution in [-0.2, 0) is 13.0 Å². The minimum absolute atomic E-state index is 0.300. The highest BCUT2D eigenvalue weighted by Gasteiger charge is 2.18. The molecule has 0 unspecified atom stereocenters. The van der Waals surface area contributed by atoms with Gasteiger partial charge in [-0.15, -0.1) is 11.3 Å². The second-order valence-corrected chi connectivity index (χ2v) is 7.13. The van der Waals surface area contributed by atoms with Crippen molar-refractivity contribution in [2.24, 2.45) is 5.41 Å². The second-order valence-electron chi connectivity index (χ2n) is 6.06. The molecule has 0 radical (unpaired) electrons. The quantitative estimate of drug-likeness (QED) is 0.859. The average molecular weight is 269 g/mol. The normalized spacial score (nSPS) is 11.9. The Morgan fingerprint density at radius 2 is 2.00 bits per heavy atom. The van der Waals surface area contributed by atoms with Crippen molar-refractivity contribution in [2.75, 3.05) is 25.5 Å².